The monoisotopic (exact) mass is 389 g/mol. The van der Waals surface area contributed by atoms with E-state index in [0.29, 0.717) is 23.4 Å². The second-order valence-electron chi connectivity index (χ2n) is 7.25. The number of rotatable bonds is 5. The van der Waals surface area contributed by atoms with Gasteiger partial charge in [0.05, 0.1) is 12.1 Å². The summed E-state index contributed by atoms with van der Waals surface area (Å²) in [6.07, 6.45) is 10.00. The highest BCUT2D eigenvalue weighted by Gasteiger charge is 2.38. The maximum Gasteiger partial charge on any atom is 0.252 e. The molecule has 6 nitrogen and oxygen atoms in total. The largest absolute Gasteiger partial charge is 0.357 e. The fourth-order valence-corrected chi connectivity index (χ4v) is 5.45. The van der Waals surface area contributed by atoms with E-state index < -0.39 is 0 Å². The van der Waals surface area contributed by atoms with Gasteiger partial charge in [0, 0.05) is 49.1 Å². The van der Waals surface area contributed by atoms with Gasteiger partial charge in [0.25, 0.3) is 5.91 Å². The third-order valence-corrected chi connectivity index (χ3v) is 6.77. The van der Waals surface area contributed by atoms with Gasteiger partial charge in [-0.3, -0.25) is 14.8 Å². The van der Waals surface area contributed by atoms with Gasteiger partial charge in [-0.1, -0.05) is 19.3 Å². The van der Waals surface area contributed by atoms with Crippen molar-refractivity contribution in [3.8, 4) is 0 Å². The zero-order valence-corrected chi connectivity index (χ0v) is 17.1. The quantitative estimate of drug-likeness (QED) is 0.460. The standard InChI is InChI=1S/C20H31N5OS/c1-2-22-19(24-12-11-23-18(26)17-7-6-10-21-15-17)25-13-14-27-20(16-25)8-4-3-5-9-20/h6-7,10,15H,2-5,8-9,11-14,16H2,1H3,(H,22,24)(H,23,26). The second-order valence-corrected chi connectivity index (χ2v) is 8.81. The number of amides is 1. The summed E-state index contributed by atoms with van der Waals surface area (Å²) in [5.41, 5.74) is 0.584. The van der Waals surface area contributed by atoms with Crippen molar-refractivity contribution in [1.82, 2.24) is 20.5 Å². The number of hydrogen-bond donors (Lipinski definition) is 2. The lowest BCUT2D eigenvalue weighted by atomic mass is 9.87. The number of aliphatic imine (C=N–C) groups is 1. The molecule has 0 aromatic carbocycles. The summed E-state index contributed by atoms with van der Waals surface area (Å²) in [4.78, 5) is 23.3. The van der Waals surface area contributed by atoms with Gasteiger partial charge in [-0.25, -0.2) is 0 Å². The van der Waals surface area contributed by atoms with Gasteiger partial charge in [0.2, 0.25) is 0 Å². The molecule has 1 aromatic heterocycles. The summed E-state index contributed by atoms with van der Waals surface area (Å²) in [6.45, 7) is 6.19. The lowest BCUT2D eigenvalue weighted by molar-refractivity contribution is 0.0954. The Balaban J connectivity index is 1.53. The second kappa shape index (κ2) is 9.97. The average Bonchev–Trinajstić information content (AvgIpc) is 2.71. The highest BCUT2D eigenvalue weighted by atomic mass is 32.2. The average molecular weight is 390 g/mol. The molecule has 2 aliphatic rings. The van der Waals surface area contributed by atoms with Crippen LogP contribution in [0, 0.1) is 0 Å². The fourth-order valence-electron chi connectivity index (χ4n) is 3.88. The summed E-state index contributed by atoms with van der Waals surface area (Å²) in [7, 11) is 0. The van der Waals surface area contributed by atoms with Crippen LogP contribution in [0.1, 0.15) is 49.4 Å². The molecule has 7 heteroatoms. The van der Waals surface area contributed by atoms with Crippen molar-refractivity contribution in [2.45, 2.75) is 43.8 Å². The van der Waals surface area contributed by atoms with E-state index in [2.05, 4.69) is 39.2 Å². The molecular formula is C20H31N5OS. The van der Waals surface area contributed by atoms with E-state index in [1.54, 1.807) is 24.5 Å². The first-order valence-corrected chi connectivity index (χ1v) is 11.1. The van der Waals surface area contributed by atoms with Crippen molar-refractivity contribution >= 4 is 23.6 Å². The number of guanidine groups is 1. The molecule has 1 aliphatic carbocycles. The van der Waals surface area contributed by atoms with Crippen LogP contribution < -0.4 is 10.6 Å². The van der Waals surface area contributed by atoms with Gasteiger partial charge in [-0.2, -0.15) is 11.8 Å². The van der Waals surface area contributed by atoms with Crippen molar-refractivity contribution in [2.24, 2.45) is 4.99 Å². The Morgan fingerprint density at radius 3 is 2.93 bits per heavy atom. The molecule has 1 saturated heterocycles. The first-order chi connectivity index (χ1) is 13.2. The van der Waals surface area contributed by atoms with E-state index in [1.165, 1.54) is 37.9 Å². The van der Waals surface area contributed by atoms with E-state index in [0.717, 1.165) is 25.6 Å². The SMILES string of the molecule is CCNC(=NCCNC(=O)c1cccnc1)N1CCSC2(CCCCC2)C1. The normalized spacial score (nSPS) is 19.7. The molecule has 0 unspecified atom stereocenters. The van der Waals surface area contributed by atoms with Crippen LogP contribution in [0.15, 0.2) is 29.5 Å². The van der Waals surface area contributed by atoms with Crippen molar-refractivity contribution < 1.29 is 4.79 Å². The van der Waals surface area contributed by atoms with Crippen LogP contribution in [0.3, 0.4) is 0 Å². The third kappa shape index (κ3) is 5.61. The smallest absolute Gasteiger partial charge is 0.252 e. The molecule has 0 bridgehead atoms. The van der Waals surface area contributed by atoms with Crippen LogP contribution in [0.25, 0.3) is 0 Å². The molecule has 3 rings (SSSR count). The van der Waals surface area contributed by atoms with E-state index in [9.17, 15) is 4.79 Å². The predicted octanol–water partition coefficient (Wildman–Crippen LogP) is 2.53. The molecule has 1 amide bonds. The molecule has 0 radical (unpaired) electrons. The summed E-state index contributed by atoms with van der Waals surface area (Å²) in [6, 6.07) is 3.54. The van der Waals surface area contributed by atoms with Crippen molar-refractivity contribution in [3.05, 3.63) is 30.1 Å². The molecule has 2 N–H and O–H groups in total. The number of nitrogens with one attached hydrogen (secondary N) is 2. The van der Waals surface area contributed by atoms with Crippen molar-refractivity contribution in [2.75, 3.05) is 38.5 Å². The molecule has 148 valence electrons. The predicted molar refractivity (Wildman–Crippen MR) is 112 cm³/mol. The molecule has 27 heavy (non-hydrogen) atoms. The number of carbonyl (C=O) groups is 1. The van der Waals surface area contributed by atoms with Crippen molar-refractivity contribution in [1.29, 1.82) is 0 Å². The van der Waals surface area contributed by atoms with Gasteiger partial charge in [0.1, 0.15) is 0 Å². The molecule has 0 atom stereocenters. The Morgan fingerprint density at radius 2 is 2.19 bits per heavy atom. The lowest BCUT2D eigenvalue weighted by Crippen LogP contribution is -2.53. The van der Waals surface area contributed by atoms with Gasteiger partial charge in [-0.05, 0) is 31.9 Å². The van der Waals surface area contributed by atoms with Crippen LogP contribution in [0.4, 0.5) is 0 Å². The van der Waals surface area contributed by atoms with Crippen LogP contribution in [0.5, 0.6) is 0 Å². The number of carbonyl (C=O) groups excluding carboxylic acids is 1. The summed E-state index contributed by atoms with van der Waals surface area (Å²) < 4.78 is 0.418. The van der Waals surface area contributed by atoms with Gasteiger partial charge in [0.15, 0.2) is 5.96 Å². The molecule has 2 heterocycles. The highest BCUT2D eigenvalue weighted by Crippen LogP contribution is 2.42. The number of nitrogens with zero attached hydrogens (tertiary/aromatic N) is 3. The van der Waals surface area contributed by atoms with Crippen LogP contribution in [0.2, 0.25) is 0 Å². The minimum absolute atomic E-state index is 0.0983. The maximum atomic E-state index is 12.1. The maximum absolute atomic E-state index is 12.1. The first kappa shape index (κ1) is 20.0. The fraction of sp³-hybridized carbons (Fsp3) is 0.650. The zero-order chi connectivity index (χ0) is 19.0. The Hall–Kier alpha value is -1.76. The van der Waals surface area contributed by atoms with Crippen LogP contribution in [-0.4, -0.2) is 65.0 Å². The minimum Gasteiger partial charge on any atom is -0.357 e. The number of hydrogen-bond acceptors (Lipinski definition) is 4. The van der Waals surface area contributed by atoms with E-state index in [1.807, 2.05) is 0 Å². The zero-order valence-electron chi connectivity index (χ0n) is 16.2. The molecule has 1 saturated carbocycles. The van der Waals surface area contributed by atoms with Gasteiger partial charge >= 0.3 is 0 Å². The number of aromatic nitrogens is 1. The Morgan fingerprint density at radius 1 is 1.33 bits per heavy atom. The summed E-state index contributed by atoms with van der Waals surface area (Å²) in [5.74, 6) is 2.06. The molecule has 2 fully saturated rings. The first-order valence-electron chi connectivity index (χ1n) is 10.1. The molecule has 1 aromatic rings. The Bertz CT molecular complexity index is 625. The van der Waals surface area contributed by atoms with Gasteiger partial charge < -0.3 is 15.5 Å². The lowest BCUT2D eigenvalue weighted by Gasteiger charge is -2.45. The van der Waals surface area contributed by atoms with E-state index in [-0.39, 0.29) is 5.91 Å². The van der Waals surface area contributed by atoms with Gasteiger partial charge in [-0.15, -0.1) is 0 Å². The van der Waals surface area contributed by atoms with Crippen LogP contribution >= 0.6 is 11.8 Å². The summed E-state index contributed by atoms with van der Waals surface area (Å²) in [5, 5.41) is 6.36. The Labute approximate surface area is 166 Å². The van der Waals surface area contributed by atoms with Crippen molar-refractivity contribution in [3.63, 3.8) is 0 Å². The minimum atomic E-state index is -0.0983. The molecule has 1 aliphatic heterocycles. The molecule has 1 spiro atoms. The Kier molecular flexibility index (Phi) is 7.38. The highest BCUT2D eigenvalue weighted by molar-refractivity contribution is 8.00. The summed E-state index contributed by atoms with van der Waals surface area (Å²) >= 11 is 2.17. The van der Waals surface area contributed by atoms with E-state index >= 15 is 0 Å². The number of pyridine rings is 1. The van der Waals surface area contributed by atoms with Crippen LogP contribution in [-0.2, 0) is 0 Å². The third-order valence-electron chi connectivity index (χ3n) is 5.23. The number of thioether (sulfide) groups is 1. The molecular weight excluding hydrogens is 358 g/mol. The topological polar surface area (TPSA) is 69.6 Å². The van der Waals surface area contributed by atoms with E-state index in [4.69, 9.17) is 4.99 Å².